The zero-order valence-corrected chi connectivity index (χ0v) is 11.5. The van der Waals surface area contributed by atoms with Crippen LogP contribution in [0.5, 0.6) is 0 Å². The Kier molecular flexibility index (Phi) is 4.70. The summed E-state index contributed by atoms with van der Waals surface area (Å²) in [5.41, 5.74) is 0.875. The molecule has 8 nitrogen and oxygen atoms in total. The number of likely N-dealkylation sites (N-methyl/N-ethyl adjacent to an activating group) is 1. The molecule has 2 rings (SSSR count). The molecule has 0 aromatic carbocycles. The molecular weight excluding hydrogens is 258 g/mol. The van der Waals surface area contributed by atoms with E-state index in [1.165, 1.54) is 6.33 Å². The van der Waals surface area contributed by atoms with Crippen LogP contribution in [0.3, 0.4) is 0 Å². The highest BCUT2D eigenvalue weighted by atomic mass is 16.2. The first-order chi connectivity index (χ1) is 9.66. The lowest BCUT2D eigenvalue weighted by molar-refractivity contribution is -0.131. The molecule has 2 heterocycles. The molecule has 20 heavy (non-hydrogen) atoms. The highest BCUT2D eigenvalue weighted by Gasteiger charge is 2.16. The molecule has 0 N–H and O–H groups in total. The molecule has 0 spiro atoms. The van der Waals surface area contributed by atoms with Gasteiger partial charge < -0.3 is 4.90 Å². The van der Waals surface area contributed by atoms with Crippen molar-refractivity contribution in [1.29, 1.82) is 0 Å². The summed E-state index contributed by atoms with van der Waals surface area (Å²) in [6, 6.07) is 0.0630. The van der Waals surface area contributed by atoms with Crippen molar-refractivity contribution < 1.29 is 4.79 Å². The van der Waals surface area contributed by atoms with Gasteiger partial charge in [0, 0.05) is 44.5 Å². The van der Waals surface area contributed by atoms with Gasteiger partial charge in [-0.3, -0.25) is 14.8 Å². The molecular formula is C12H17N7O. The van der Waals surface area contributed by atoms with Gasteiger partial charge in [-0.2, -0.15) is 0 Å². The van der Waals surface area contributed by atoms with E-state index in [0.717, 1.165) is 5.69 Å². The van der Waals surface area contributed by atoms with Gasteiger partial charge in [-0.25, -0.2) is 4.68 Å². The number of aryl methyl sites for hydroxylation is 1. The van der Waals surface area contributed by atoms with Crippen LogP contribution in [0.2, 0.25) is 0 Å². The normalized spacial score (nSPS) is 12.1. The van der Waals surface area contributed by atoms with Crippen LogP contribution in [0.25, 0.3) is 0 Å². The molecule has 0 aliphatic carbocycles. The number of carbonyl (C=O) groups excluding carboxylic acids is 1. The quantitative estimate of drug-likeness (QED) is 0.734. The molecule has 1 atom stereocenters. The Morgan fingerprint density at radius 1 is 1.45 bits per heavy atom. The first-order valence-corrected chi connectivity index (χ1v) is 6.38. The second-order valence-electron chi connectivity index (χ2n) is 4.58. The van der Waals surface area contributed by atoms with Crippen molar-refractivity contribution in [2.24, 2.45) is 0 Å². The molecule has 106 valence electrons. The third-order valence-electron chi connectivity index (χ3n) is 3.12. The fourth-order valence-corrected chi connectivity index (χ4v) is 1.79. The number of hydrogen-bond acceptors (Lipinski definition) is 6. The average Bonchev–Trinajstić information content (AvgIpc) is 2.98. The molecule has 0 saturated carbocycles. The third-order valence-corrected chi connectivity index (χ3v) is 3.12. The van der Waals surface area contributed by atoms with Crippen molar-refractivity contribution in [1.82, 2.24) is 35.1 Å². The van der Waals surface area contributed by atoms with E-state index in [1.54, 1.807) is 35.2 Å². The molecule has 2 aromatic rings. The van der Waals surface area contributed by atoms with Crippen molar-refractivity contribution in [3.63, 3.8) is 0 Å². The van der Waals surface area contributed by atoms with E-state index < -0.39 is 0 Å². The largest absolute Gasteiger partial charge is 0.343 e. The fraction of sp³-hybridized carbons (Fsp3) is 0.500. The van der Waals surface area contributed by atoms with E-state index in [9.17, 15) is 4.79 Å². The second-order valence-corrected chi connectivity index (χ2v) is 4.58. The highest BCUT2D eigenvalue weighted by Crippen LogP contribution is 2.06. The molecule has 1 amide bonds. The molecule has 0 unspecified atom stereocenters. The Balaban J connectivity index is 1.83. The van der Waals surface area contributed by atoms with Gasteiger partial charge >= 0.3 is 0 Å². The van der Waals surface area contributed by atoms with E-state index in [2.05, 4.69) is 25.5 Å². The van der Waals surface area contributed by atoms with Crippen molar-refractivity contribution in [2.45, 2.75) is 32.4 Å². The topological polar surface area (TPSA) is 89.7 Å². The van der Waals surface area contributed by atoms with Crippen LogP contribution in [-0.4, -0.2) is 54.1 Å². The van der Waals surface area contributed by atoms with Crippen LogP contribution in [-0.2, 0) is 17.8 Å². The number of rotatable bonds is 6. The Bertz CT molecular complexity index is 528. The molecule has 0 radical (unpaired) electrons. The summed E-state index contributed by atoms with van der Waals surface area (Å²) in [7, 11) is 1.79. The molecule has 0 aliphatic heterocycles. The number of carbonyl (C=O) groups is 1. The lowest BCUT2D eigenvalue weighted by atomic mass is 10.1. The van der Waals surface area contributed by atoms with E-state index in [0.29, 0.717) is 19.4 Å². The third kappa shape index (κ3) is 3.81. The number of amides is 1. The number of tetrazole rings is 1. The Morgan fingerprint density at radius 2 is 2.30 bits per heavy atom. The molecule has 0 bridgehead atoms. The monoisotopic (exact) mass is 275 g/mol. The van der Waals surface area contributed by atoms with Gasteiger partial charge in [0.25, 0.3) is 0 Å². The smallest absolute Gasteiger partial charge is 0.224 e. The van der Waals surface area contributed by atoms with Crippen LogP contribution in [0, 0.1) is 0 Å². The predicted molar refractivity (Wildman–Crippen MR) is 70.4 cm³/mol. The van der Waals surface area contributed by atoms with Crippen molar-refractivity contribution in [3.8, 4) is 0 Å². The lowest BCUT2D eigenvalue weighted by Crippen LogP contribution is -2.37. The van der Waals surface area contributed by atoms with E-state index >= 15 is 0 Å². The van der Waals surface area contributed by atoms with E-state index in [1.807, 2.05) is 6.92 Å². The minimum absolute atomic E-state index is 0.0527. The Morgan fingerprint density at radius 3 is 2.95 bits per heavy atom. The summed E-state index contributed by atoms with van der Waals surface area (Å²) in [6.07, 6.45) is 7.55. The minimum atomic E-state index is 0.0527. The lowest BCUT2D eigenvalue weighted by Gasteiger charge is -2.24. The van der Waals surface area contributed by atoms with Crippen LogP contribution in [0.4, 0.5) is 0 Å². The first-order valence-electron chi connectivity index (χ1n) is 6.38. The SMILES string of the molecule is C[C@@H](Cc1cnccn1)N(C)C(=O)CCn1cnnn1. The molecule has 2 aromatic heterocycles. The highest BCUT2D eigenvalue weighted by molar-refractivity contribution is 5.76. The zero-order valence-electron chi connectivity index (χ0n) is 11.5. The Hall–Kier alpha value is -2.38. The van der Waals surface area contributed by atoms with Gasteiger partial charge in [0.1, 0.15) is 6.33 Å². The summed E-state index contributed by atoms with van der Waals surface area (Å²) in [4.78, 5) is 22.0. The summed E-state index contributed by atoms with van der Waals surface area (Å²) < 4.78 is 1.54. The fourth-order valence-electron chi connectivity index (χ4n) is 1.79. The summed E-state index contributed by atoms with van der Waals surface area (Å²) in [5.74, 6) is 0.0527. The van der Waals surface area contributed by atoms with Crippen LogP contribution < -0.4 is 0 Å². The summed E-state index contributed by atoms with van der Waals surface area (Å²) >= 11 is 0. The van der Waals surface area contributed by atoms with Crippen LogP contribution in [0.15, 0.2) is 24.9 Å². The molecule has 0 saturated heterocycles. The average molecular weight is 275 g/mol. The maximum Gasteiger partial charge on any atom is 0.224 e. The predicted octanol–water partition coefficient (Wildman–Crippen LogP) is -0.0572. The number of nitrogens with zero attached hydrogens (tertiary/aromatic N) is 7. The standard InChI is InChI=1S/C12H17N7O/c1-10(7-11-8-13-4-5-14-11)18(2)12(20)3-6-19-9-15-16-17-19/h4-5,8-10H,3,6-7H2,1-2H3/t10-/m0/s1. The van der Waals surface area contributed by atoms with Gasteiger partial charge in [0.15, 0.2) is 0 Å². The van der Waals surface area contributed by atoms with Gasteiger partial charge in [-0.05, 0) is 17.4 Å². The van der Waals surface area contributed by atoms with E-state index in [-0.39, 0.29) is 11.9 Å². The summed E-state index contributed by atoms with van der Waals surface area (Å²) in [5, 5.41) is 10.8. The maximum absolute atomic E-state index is 12.1. The van der Waals surface area contributed by atoms with E-state index in [4.69, 9.17) is 0 Å². The van der Waals surface area contributed by atoms with Gasteiger partial charge in [-0.15, -0.1) is 5.10 Å². The van der Waals surface area contributed by atoms with Crippen molar-refractivity contribution in [3.05, 3.63) is 30.6 Å². The van der Waals surface area contributed by atoms with Crippen LogP contribution in [0.1, 0.15) is 19.0 Å². The van der Waals surface area contributed by atoms with Crippen molar-refractivity contribution >= 4 is 5.91 Å². The molecule has 8 heteroatoms. The minimum Gasteiger partial charge on any atom is -0.343 e. The van der Waals surface area contributed by atoms with Gasteiger partial charge in [0.05, 0.1) is 12.2 Å². The van der Waals surface area contributed by atoms with Crippen LogP contribution >= 0.6 is 0 Å². The van der Waals surface area contributed by atoms with Gasteiger partial charge in [-0.1, -0.05) is 0 Å². The molecule has 0 aliphatic rings. The summed E-state index contributed by atoms with van der Waals surface area (Å²) in [6.45, 7) is 2.47. The maximum atomic E-state index is 12.1. The number of hydrogen-bond donors (Lipinski definition) is 0. The molecule has 0 fully saturated rings. The second kappa shape index (κ2) is 6.69. The number of aromatic nitrogens is 6. The van der Waals surface area contributed by atoms with Gasteiger partial charge in [0.2, 0.25) is 5.91 Å². The zero-order chi connectivity index (χ0) is 14.4. The Labute approximate surface area is 116 Å². The first kappa shape index (κ1) is 14.0. The van der Waals surface area contributed by atoms with Crippen molar-refractivity contribution in [2.75, 3.05) is 7.05 Å².